The Morgan fingerprint density at radius 1 is 1.00 bits per heavy atom. The van der Waals surface area contributed by atoms with Crippen LogP contribution in [0.4, 0.5) is 5.69 Å². The minimum atomic E-state index is 0.000198. The van der Waals surface area contributed by atoms with E-state index in [9.17, 15) is 4.79 Å². The van der Waals surface area contributed by atoms with Crippen LogP contribution in [0.3, 0.4) is 0 Å². The molecule has 0 aliphatic rings. The van der Waals surface area contributed by atoms with Gasteiger partial charge in [0.2, 0.25) is 5.91 Å². The van der Waals surface area contributed by atoms with Crippen molar-refractivity contribution in [2.24, 2.45) is 0 Å². The number of aromatic nitrogens is 1. The zero-order valence-corrected chi connectivity index (χ0v) is 13.7. The molecule has 0 unspecified atom stereocenters. The Morgan fingerprint density at radius 3 is 2.39 bits per heavy atom. The standard InChI is InChI=1S/C19H18N2OS/c1-23-18-7-3-2-6-17(18)20-19(22)14-15-8-10-16(11-9-15)21-12-4-5-13-21/h2-13H,14H2,1H3,(H,20,22). The Morgan fingerprint density at radius 2 is 1.70 bits per heavy atom. The van der Waals surface area contributed by atoms with E-state index in [1.165, 1.54) is 0 Å². The SMILES string of the molecule is CSc1ccccc1NC(=O)Cc1ccc(-n2cccc2)cc1. The predicted molar refractivity (Wildman–Crippen MR) is 96.3 cm³/mol. The number of benzene rings is 2. The van der Waals surface area contributed by atoms with Gasteiger partial charge in [0.05, 0.1) is 12.1 Å². The maximum Gasteiger partial charge on any atom is 0.228 e. The molecule has 2 aromatic carbocycles. The first-order valence-corrected chi connectivity index (χ1v) is 8.64. The van der Waals surface area contributed by atoms with Crippen molar-refractivity contribution < 1.29 is 4.79 Å². The number of amides is 1. The van der Waals surface area contributed by atoms with E-state index in [4.69, 9.17) is 0 Å². The van der Waals surface area contributed by atoms with Crippen LogP contribution in [0.1, 0.15) is 5.56 Å². The first kappa shape index (κ1) is 15.4. The van der Waals surface area contributed by atoms with Gasteiger partial charge in [0, 0.05) is 23.0 Å². The van der Waals surface area contributed by atoms with Crippen molar-refractivity contribution >= 4 is 23.4 Å². The molecule has 116 valence electrons. The van der Waals surface area contributed by atoms with Crippen LogP contribution in [0.15, 0.2) is 78.0 Å². The number of carbonyl (C=O) groups is 1. The number of nitrogens with one attached hydrogen (secondary N) is 1. The minimum Gasteiger partial charge on any atom is -0.325 e. The maximum absolute atomic E-state index is 12.2. The summed E-state index contributed by atoms with van der Waals surface area (Å²) in [5, 5.41) is 2.99. The summed E-state index contributed by atoms with van der Waals surface area (Å²) < 4.78 is 2.04. The molecule has 0 aliphatic heterocycles. The lowest BCUT2D eigenvalue weighted by Crippen LogP contribution is -2.14. The molecule has 23 heavy (non-hydrogen) atoms. The van der Waals surface area contributed by atoms with Crippen LogP contribution in [0.2, 0.25) is 0 Å². The van der Waals surface area contributed by atoms with Gasteiger partial charge >= 0.3 is 0 Å². The van der Waals surface area contributed by atoms with Gasteiger partial charge in [-0.2, -0.15) is 0 Å². The Hall–Kier alpha value is -2.46. The number of para-hydroxylation sites is 1. The third kappa shape index (κ3) is 3.85. The van der Waals surface area contributed by atoms with Crippen molar-refractivity contribution in [2.45, 2.75) is 11.3 Å². The maximum atomic E-state index is 12.2. The summed E-state index contributed by atoms with van der Waals surface area (Å²) >= 11 is 1.63. The number of thioether (sulfide) groups is 1. The van der Waals surface area contributed by atoms with Crippen molar-refractivity contribution in [2.75, 3.05) is 11.6 Å². The van der Waals surface area contributed by atoms with E-state index in [1.807, 2.05) is 83.9 Å². The largest absolute Gasteiger partial charge is 0.325 e. The molecule has 0 saturated heterocycles. The summed E-state index contributed by atoms with van der Waals surface area (Å²) in [6, 6.07) is 19.9. The topological polar surface area (TPSA) is 34.0 Å². The van der Waals surface area contributed by atoms with Gasteiger partial charge in [-0.1, -0.05) is 24.3 Å². The van der Waals surface area contributed by atoms with E-state index in [-0.39, 0.29) is 5.91 Å². The second-order valence-electron chi connectivity index (χ2n) is 5.18. The molecule has 0 fully saturated rings. The minimum absolute atomic E-state index is 0.000198. The molecule has 0 saturated carbocycles. The van der Waals surface area contributed by atoms with Crippen molar-refractivity contribution in [1.29, 1.82) is 0 Å². The molecule has 0 spiro atoms. The molecule has 3 nitrogen and oxygen atoms in total. The number of nitrogens with zero attached hydrogens (tertiary/aromatic N) is 1. The van der Waals surface area contributed by atoms with E-state index in [0.29, 0.717) is 6.42 Å². The Kier molecular flexibility index (Phi) is 4.83. The van der Waals surface area contributed by atoms with Crippen LogP contribution in [0.25, 0.3) is 5.69 Å². The highest BCUT2D eigenvalue weighted by atomic mass is 32.2. The van der Waals surface area contributed by atoms with Crippen molar-refractivity contribution in [3.63, 3.8) is 0 Å². The molecule has 0 aliphatic carbocycles. The van der Waals surface area contributed by atoms with Gasteiger partial charge in [0.15, 0.2) is 0 Å². The summed E-state index contributed by atoms with van der Waals surface area (Å²) in [7, 11) is 0. The fraction of sp³-hybridized carbons (Fsp3) is 0.105. The van der Waals surface area contributed by atoms with Crippen LogP contribution < -0.4 is 5.32 Å². The normalized spacial score (nSPS) is 10.5. The zero-order valence-electron chi connectivity index (χ0n) is 12.9. The average molecular weight is 322 g/mol. The molecular weight excluding hydrogens is 304 g/mol. The second-order valence-corrected chi connectivity index (χ2v) is 6.03. The number of hydrogen-bond donors (Lipinski definition) is 1. The van der Waals surface area contributed by atoms with Crippen LogP contribution in [0.5, 0.6) is 0 Å². The number of rotatable bonds is 5. The van der Waals surface area contributed by atoms with Crippen molar-refractivity contribution in [3.8, 4) is 5.69 Å². The van der Waals surface area contributed by atoms with Gasteiger partial charge in [-0.15, -0.1) is 11.8 Å². The fourth-order valence-electron chi connectivity index (χ4n) is 2.42. The molecule has 0 atom stereocenters. The summed E-state index contributed by atoms with van der Waals surface area (Å²) in [5.41, 5.74) is 2.96. The summed E-state index contributed by atoms with van der Waals surface area (Å²) in [5.74, 6) is 0.000198. The van der Waals surface area contributed by atoms with E-state index in [1.54, 1.807) is 11.8 Å². The van der Waals surface area contributed by atoms with Gasteiger partial charge in [-0.05, 0) is 48.2 Å². The predicted octanol–water partition coefficient (Wildman–Crippen LogP) is 4.38. The summed E-state index contributed by atoms with van der Waals surface area (Å²) in [6.45, 7) is 0. The number of anilines is 1. The molecule has 1 amide bonds. The molecule has 1 N–H and O–H groups in total. The molecule has 1 aromatic heterocycles. The van der Waals surface area contributed by atoms with Gasteiger partial charge in [0.1, 0.15) is 0 Å². The second kappa shape index (κ2) is 7.20. The monoisotopic (exact) mass is 322 g/mol. The Bertz CT molecular complexity index is 779. The lowest BCUT2D eigenvalue weighted by Gasteiger charge is -2.09. The Balaban J connectivity index is 1.66. The molecule has 1 heterocycles. The lowest BCUT2D eigenvalue weighted by atomic mass is 10.1. The van der Waals surface area contributed by atoms with Crippen LogP contribution >= 0.6 is 11.8 Å². The molecule has 3 rings (SSSR count). The third-order valence-corrected chi connectivity index (χ3v) is 4.38. The average Bonchev–Trinajstić information content (AvgIpc) is 3.10. The summed E-state index contributed by atoms with van der Waals surface area (Å²) in [6.07, 6.45) is 6.38. The molecule has 0 radical (unpaired) electrons. The fourth-order valence-corrected chi connectivity index (χ4v) is 2.97. The molecule has 0 bridgehead atoms. The highest BCUT2D eigenvalue weighted by Gasteiger charge is 2.07. The molecular formula is C19H18N2OS. The van der Waals surface area contributed by atoms with Crippen LogP contribution in [-0.4, -0.2) is 16.7 Å². The first-order chi connectivity index (χ1) is 11.3. The van der Waals surface area contributed by atoms with Crippen LogP contribution in [-0.2, 0) is 11.2 Å². The smallest absolute Gasteiger partial charge is 0.228 e. The zero-order chi connectivity index (χ0) is 16.1. The van der Waals surface area contributed by atoms with Gasteiger partial charge in [0.25, 0.3) is 0 Å². The van der Waals surface area contributed by atoms with Gasteiger partial charge in [-0.3, -0.25) is 4.79 Å². The van der Waals surface area contributed by atoms with Gasteiger partial charge in [-0.25, -0.2) is 0 Å². The van der Waals surface area contributed by atoms with E-state index in [2.05, 4.69) is 5.32 Å². The molecule has 4 heteroatoms. The van der Waals surface area contributed by atoms with E-state index < -0.39 is 0 Å². The van der Waals surface area contributed by atoms with Crippen molar-refractivity contribution in [3.05, 3.63) is 78.6 Å². The number of carbonyl (C=O) groups excluding carboxylic acids is 1. The highest BCUT2D eigenvalue weighted by molar-refractivity contribution is 7.98. The van der Waals surface area contributed by atoms with E-state index >= 15 is 0 Å². The number of hydrogen-bond acceptors (Lipinski definition) is 2. The van der Waals surface area contributed by atoms with Crippen molar-refractivity contribution in [1.82, 2.24) is 4.57 Å². The first-order valence-electron chi connectivity index (χ1n) is 7.41. The summed E-state index contributed by atoms with van der Waals surface area (Å²) in [4.78, 5) is 13.3. The van der Waals surface area contributed by atoms with Gasteiger partial charge < -0.3 is 9.88 Å². The van der Waals surface area contributed by atoms with Crippen LogP contribution in [0, 0.1) is 0 Å². The third-order valence-electron chi connectivity index (χ3n) is 3.58. The highest BCUT2D eigenvalue weighted by Crippen LogP contribution is 2.24. The lowest BCUT2D eigenvalue weighted by molar-refractivity contribution is -0.115. The molecule has 3 aromatic rings. The Labute approximate surface area is 140 Å². The van der Waals surface area contributed by atoms with E-state index in [0.717, 1.165) is 21.8 Å². The quantitative estimate of drug-likeness (QED) is 0.707.